The Morgan fingerprint density at radius 2 is 1.53 bits per heavy atom. The zero-order chi connectivity index (χ0) is 10.4. The highest BCUT2D eigenvalue weighted by Crippen LogP contribution is 2.34. The van der Waals surface area contributed by atoms with Gasteiger partial charge < -0.3 is 4.42 Å². The third-order valence-corrected chi connectivity index (χ3v) is 4.26. The van der Waals surface area contributed by atoms with Gasteiger partial charge in [0.15, 0.2) is 0 Å². The number of benzene rings is 2. The fourth-order valence-corrected chi connectivity index (χ4v) is 2.39. The van der Waals surface area contributed by atoms with Gasteiger partial charge in [-0.15, -0.1) is 0 Å². The lowest BCUT2D eigenvalue weighted by Crippen LogP contribution is -1.70. The fourth-order valence-electron chi connectivity index (χ4n) is 1.72. The molecular weight excluding hydrogens is 320 g/mol. The first-order chi connectivity index (χ1) is 7.25. The summed E-state index contributed by atoms with van der Waals surface area (Å²) >= 11 is 6.96. The van der Waals surface area contributed by atoms with Gasteiger partial charge in [-0.25, -0.2) is 0 Å². The summed E-state index contributed by atoms with van der Waals surface area (Å²) in [5.41, 5.74) is 1.84. The molecule has 0 unspecified atom stereocenters. The number of hydrogen-bond acceptors (Lipinski definition) is 1. The van der Waals surface area contributed by atoms with Crippen molar-refractivity contribution in [2.24, 2.45) is 0 Å². The summed E-state index contributed by atoms with van der Waals surface area (Å²) in [6.07, 6.45) is 0. The van der Waals surface area contributed by atoms with Gasteiger partial charge in [0.2, 0.25) is 0 Å². The van der Waals surface area contributed by atoms with Crippen molar-refractivity contribution >= 4 is 53.8 Å². The summed E-state index contributed by atoms with van der Waals surface area (Å²) in [7, 11) is 0. The Balaban J connectivity index is 2.56. The molecule has 3 aromatic rings. The molecule has 1 aromatic heterocycles. The summed E-state index contributed by atoms with van der Waals surface area (Å²) in [6.45, 7) is 0. The van der Waals surface area contributed by atoms with Gasteiger partial charge in [-0.05, 0) is 50.1 Å². The first-order valence-corrected chi connectivity index (χ1v) is 6.10. The van der Waals surface area contributed by atoms with Gasteiger partial charge in [-0.2, -0.15) is 0 Å². The van der Waals surface area contributed by atoms with E-state index in [2.05, 4.69) is 44.0 Å². The highest BCUT2D eigenvalue weighted by Gasteiger charge is 2.08. The molecule has 2 aromatic carbocycles. The van der Waals surface area contributed by atoms with Crippen molar-refractivity contribution in [2.45, 2.75) is 0 Å². The maximum absolute atomic E-state index is 5.74. The van der Waals surface area contributed by atoms with Crippen LogP contribution in [0.5, 0.6) is 0 Å². The molecule has 1 nitrogen and oxygen atoms in total. The predicted molar refractivity (Wildman–Crippen MR) is 69.1 cm³/mol. The van der Waals surface area contributed by atoms with Crippen LogP contribution in [-0.4, -0.2) is 0 Å². The Morgan fingerprint density at radius 3 is 2.40 bits per heavy atom. The summed E-state index contributed by atoms with van der Waals surface area (Å²) in [5, 5.41) is 2.29. The van der Waals surface area contributed by atoms with Gasteiger partial charge in [0.05, 0.1) is 0 Å². The zero-order valence-corrected chi connectivity index (χ0v) is 10.8. The Hall–Kier alpha value is -0.800. The summed E-state index contributed by atoms with van der Waals surface area (Å²) in [6, 6.07) is 12.1. The lowest BCUT2D eigenvalue weighted by atomic mass is 10.2. The molecule has 1 heterocycles. The number of para-hydroxylation sites is 1. The molecule has 0 bridgehead atoms. The lowest BCUT2D eigenvalue weighted by Gasteiger charge is -1.94. The molecule has 0 saturated heterocycles. The molecule has 0 atom stereocenters. The number of rotatable bonds is 0. The summed E-state index contributed by atoms with van der Waals surface area (Å²) < 4.78 is 7.79. The second-order valence-electron chi connectivity index (χ2n) is 3.36. The number of hydrogen-bond donors (Lipinski definition) is 0. The summed E-state index contributed by atoms with van der Waals surface area (Å²) in [4.78, 5) is 0. The highest BCUT2D eigenvalue weighted by atomic mass is 79.9. The molecule has 74 valence electrons. The van der Waals surface area contributed by atoms with Gasteiger partial charge in [0.1, 0.15) is 11.2 Å². The van der Waals surface area contributed by atoms with E-state index in [4.69, 9.17) is 4.42 Å². The van der Waals surface area contributed by atoms with Crippen molar-refractivity contribution in [2.75, 3.05) is 0 Å². The Kier molecular flexibility index (Phi) is 2.11. The molecule has 0 amide bonds. The van der Waals surface area contributed by atoms with Gasteiger partial charge in [0, 0.05) is 19.7 Å². The molecule has 0 spiro atoms. The number of furan rings is 1. The van der Waals surface area contributed by atoms with Crippen molar-refractivity contribution in [1.29, 1.82) is 0 Å². The average Bonchev–Trinajstić information content (AvgIpc) is 2.57. The van der Waals surface area contributed by atoms with E-state index in [9.17, 15) is 0 Å². The van der Waals surface area contributed by atoms with Crippen molar-refractivity contribution < 1.29 is 4.42 Å². The smallest absolute Gasteiger partial charge is 0.136 e. The van der Waals surface area contributed by atoms with E-state index in [1.807, 2.05) is 24.3 Å². The van der Waals surface area contributed by atoms with Crippen LogP contribution in [0.15, 0.2) is 49.8 Å². The topological polar surface area (TPSA) is 13.1 Å². The van der Waals surface area contributed by atoms with E-state index in [-0.39, 0.29) is 0 Å². The van der Waals surface area contributed by atoms with Crippen molar-refractivity contribution in [1.82, 2.24) is 0 Å². The van der Waals surface area contributed by atoms with E-state index < -0.39 is 0 Å². The Labute approximate surface area is 103 Å². The van der Waals surface area contributed by atoms with Crippen LogP contribution in [0.25, 0.3) is 21.9 Å². The maximum atomic E-state index is 5.74. The number of fused-ring (bicyclic) bond motifs is 3. The zero-order valence-electron chi connectivity index (χ0n) is 7.63. The predicted octanol–water partition coefficient (Wildman–Crippen LogP) is 5.11. The van der Waals surface area contributed by atoms with E-state index in [0.717, 1.165) is 30.9 Å². The molecule has 0 aliphatic rings. The van der Waals surface area contributed by atoms with Crippen LogP contribution in [0.3, 0.4) is 0 Å². The van der Waals surface area contributed by atoms with Crippen LogP contribution in [0.2, 0.25) is 0 Å². The van der Waals surface area contributed by atoms with Gasteiger partial charge in [-0.1, -0.05) is 18.2 Å². The van der Waals surface area contributed by atoms with Crippen LogP contribution in [-0.2, 0) is 0 Å². The first-order valence-electron chi connectivity index (χ1n) is 4.52. The molecule has 3 rings (SSSR count). The largest absolute Gasteiger partial charge is 0.456 e. The standard InChI is InChI=1S/C12H6Br2O/c13-9-5-8-7-3-1-2-4-11(7)15-12(8)6-10(9)14/h1-6H. The minimum Gasteiger partial charge on any atom is -0.456 e. The molecular formula is C12H6Br2O. The van der Waals surface area contributed by atoms with Crippen LogP contribution in [0.1, 0.15) is 0 Å². The lowest BCUT2D eigenvalue weighted by molar-refractivity contribution is 0.668. The third-order valence-electron chi connectivity index (χ3n) is 2.42. The molecule has 0 fully saturated rings. The van der Waals surface area contributed by atoms with Gasteiger partial charge >= 0.3 is 0 Å². The molecule has 3 heteroatoms. The molecule has 0 N–H and O–H groups in total. The third kappa shape index (κ3) is 1.42. The molecule has 15 heavy (non-hydrogen) atoms. The minimum atomic E-state index is 0.909. The van der Waals surface area contributed by atoms with Crippen LogP contribution >= 0.6 is 31.9 Å². The second-order valence-corrected chi connectivity index (χ2v) is 5.07. The van der Waals surface area contributed by atoms with E-state index in [0.29, 0.717) is 0 Å². The van der Waals surface area contributed by atoms with Gasteiger partial charge in [0.25, 0.3) is 0 Å². The normalized spacial score (nSPS) is 11.3. The van der Waals surface area contributed by atoms with Crippen molar-refractivity contribution in [3.63, 3.8) is 0 Å². The number of halogens is 2. The average molecular weight is 326 g/mol. The molecule has 0 aliphatic heterocycles. The van der Waals surface area contributed by atoms with Crippen LogP contribution in [0.4, 0.5) is 0 Å². The molecule has 0 aliphatic carbocycles. The van der Waals surface area contributed by atoms with E-state index in [1.54, 1.807) is 0 Å². The SMILES string of the molecule is Brc1cc2oc3ccccc3c2cc1Br. The Bertz CT molecular complexity index is 655. The summed E-state index contributed by atoms with van der Waals surface area (Å²) in [5.74, 6) is 0. The highest BCUT2D eigenvalue weighted by molar-refractivity contribution is 9.13. The monoisotopic (exact) mass is 324 g/mol. The van der Waals surface area contributed by atoms with E-state index in [1.165, 1.54) is 0 Å². The fraction of sp³-hybridized carbons (Fsp3) is 0. The quantitative estimate of drug-likeness (QED) is 0.559. The van der Waals surface area contributed by atoms with Crippen LogP contribution in [0, 0.1) is 0 Å². The first kappa shape index (κ1) is 9.43. The Morgan fingerprint density at radius 1 is 0.800 bits per heavy atom. The minimum absolute atomic E-state index is 0.909. The second kappa shape index (κ2) is 3.35. The molecule has 0 radical (unpaired) electrons. The van der Waals surface area contributed by atoms with E-state index >= 15 is 0 Å². The maximum Gasteiger partial charge on any atom is 0.136 e. The molecule has 0 saturated carbocycles. The van der Waals surface area contributed by atoms with Crippen LogP contribution < -0.4 is 0 Å². The van der Waals surface area contributed by atoms with Gasteiger partial charge in [-0.3, -0.25) is 0 Å². The van der Waals surface area contributed by atoms with Crippen molar-refractivity contribution in [3.8, 4) is 0 Å². The van der Waals surface area contributed by atoms with Crippen molar-refractivity contribution in [3.05, 3.63) is 45.3 Å².